The minimum absolute atomic E-state index is 0.0152. The molecule has 0 unspecified atom stereocenters. The second kappa shape index (κ2) is 5.22. The molecular formula is C12H8ClFN2O2S. The molecule has 4 nitrogen and oxygen atoms in total. The number of ether oxygens (including phenoxy) is 2. The summed E-state index contributed by atoms with van der Waals surface area (Å²) in [6, 6.07) is 5.39. The lowest BCUT2D eigenvalue weighted by Crippen LogP contribution is -2.15. The third-order valence-electron chi connectivity index (χ3n) is 2.41. The van der Waals surface area contributed by atoms with E-state index in [2.05, 4.69) is 9.97 Å². The molecule has 19 heavy (non-hydrogen) atoms. The molecule has 0 radical (unpaired) electrons. The zero-order valence-electron chi connectivity index (χ0n) is 9.60. The molecule has 2 aromatic rings. The second-order valence-electron chi connectivity index (χ2n) is 3.70. The number of benzene rings is 1. The maximum Gasteiger partial charge on any atom is 0.223 e. The van der Waals surface area contributed by atoms with E-state index >= 15 is 0 Å². The Labute approximate surface area is 117 Å². The van der Waals surface area contributed by atoms with Gasteiger partial charge >= 0.3 is 0 Å². The van der Waals surface area contributed by atoms with E-state index < -0.39 is 5.82 Å². The van der Waals surface area contributed by atoms with Crippen molar-refractivity contribution in [3.05, 3.63) is 35.5 Å². The summed E-state index contributed by atoms with van der Waals surface area (Å²) in [5.74, 6) is 0.831. The summed E-state index contributed by atoms with van der Waals surface area (Å²) in [5.41, 5.74) is 0. The number of hydrogen-bond acceptors (Lipinski definition) is 5. The van der Waals surface area contributed by atoms with Crippen LogP contribution in [0.4, 0.5) is 4.39 Å². The highest BCUT2D eigenvalue weighted by Gasteiger charge is 2.14. The largest absolute Gasteiger partial charge is 0.486 e. The van der Waals surface area contributed by atoms with Gasteiger partial charge in [0, 0.05) is 4.90 Å². The first-order valence-corrected chi connectivity index (χ1v) is 6.67. The highest BCUT2D eigenvalue weighted by Crippen LogP contribution is 2.36. The summed E-state index contributed by atoms with van der Waals surface area (Å²) >= 11 is 6.81. The number of nitrogens with zero attached hydrogens (tertiary/aromatic N) is 2. The number of hydrogen-bond donors (Lipinski definition) is 0. The highest BCUT2D eigenvalue weighted by molar-refractivity contribution is 7.99. The van der Waals surface area contributed by atoms with Crippen LogP contribution < -0.4 is 9.47 Å². The van der Waals surface area contributed by atoms with Crippen LogP contribution in [0.2, 0.25) is 5.28 Å². The normalized spacial score (nSPS) is 13.4. The van der Waals surface area contributed by atoms with Crippen molar-refractivity contribution in [1.29, 1.82) is 0 Å². The predicted octanol–water partition coefficient (Wildman–Crippen LogP) is 3.19. The lowest BCUT2D eigenvalue weighted by molar-refractivity contribution is 0.171. The molecule has 0 amide bonds. The van der Waals surface area contributed by atoms with E-state index in [0.717, 1.165) is 22.9 Å². The number of halogens is 2. The van der Waals surface area contributed by atoms with Gasteiger partial charge in [-0.25, -0.2) is 14.4 Å². The third-order valence-corrected chi connectivity index (χ3v) is 3.56. The fourth-order valence-electron chi connectivity index (χ4n) is 1.60. The second-order valence-corrected chi connectivity index (χ2v) is 5.10. The Morgan fingerprint density at radius 2 is 2.00 bits per heavy atom. The van der Waals surface area contributed by atoms with E-state index in [4.69, 9.17) is 21.1 Å². The zero-order valence-corrected chi connectivity index (χ0v) is 11.2. The quantitative estimate of drug-likeness (QED) is 0.629. The van der Waals surface area contributed by atoms with E-state index in [-0.39, 0.29) is 10.3 Å². The summed E-state index contributed by atoms with van der Waals surface area (Å²) < 4.78 is 24.4. The van der Waals surface area contributed by atoms with Crippen molar-refractivity contribution in [2.24, 2.45) is 0 Å². The minimum atomic E-state index is -0.510. The number of rotatable bonds is 2. The van der Waals surface area contributed by atoms with E-state index in [1.54, 1.807) is 12.1 Å². The Balaban J connectivity index is 1.89. The van der Waals surface area contributed by atoms with Gasteiger partial charge < -0.3 is 9.47 Å². The minimum Gasteiger partial charge on any atom is -0.486 e. The molecule has 0 aliphatic carbocycles. The van der Waals surface area contributed by atoms with Gasteiger partial charge in [-0.2, -0.15) is 0 Å². The maximum atomic E-state index is 13.5. The lowest BCUT2D eigenvalue weighted by Gasteiger charge is -2.18. The van der Waals surface area contributed by atoms with Crippen LogP contribution in [0.1, 0.15) is 0 Å². The van der Waals surface area contributed by atoms with Gasteiger partial charge in [0.05, 0.1) is 6.20 Å². The molecule has 0 saturated carbocycles. The van der Waals surface area contributed by atoms with Crippen molar-refractivity contribution < 1.29 is 13.9 Å². The summed E-state index contributed by atoms with van der Waals surface area (Å²) in [6.45, 7) is 1.05. The van der Waals surface area contributed by atoms with E-state index in [1.807, 2.05) is 6.07 Å². The molecule has 0 atom stereocenters. The van der Waals surface area contributed by atoms with Gasteiger partial charge in [-0.3, -0.25) is 0 Å². The first kappa shape index (κ1) is 12.5. The Morgan fingerprint density at radius 3 is 2.84 bits per heavy atom. The molecule has 98 valence electrons. The summed E-state index contributed by atoms with van der Waals surface area (Å²) in [6.07, 6.45) is 1.05. The van der Waals surface area contributed by atoms with Gasteiger partial charge in [0.1, 0.15) is 18.2 Å². The van der Waals surface area contributed by atoms with Crippen LogP contribution in [0.25, 0.3) is 0 Å². The summed E-state index contributed by atoms with van der Waals surface area (Å²) in [5, 5.41) is 0.193. The van der Waals surface area contributed by atoms with E-state index in [9.17, 15) is 4.39 Å². The predicted molar refractivity (Wildman–Crippen MR) is 68.6 cm³/mol. The van der Waals surface area contributed by atoms with Crippen LogP contribution in [-0.2, 0) is 0 Å². The molecule has 2 heterocycles. The Hall–Kier alpha value is -1.53. The van der Waals surface area contributed by atoms with Crippen molar-refractivity contribution in [1.82, 2.24) is 9.97 Å². The van der Waals surface area contributed by atoms with Gasteiger partial charge in [-0.1, -0.05) is 11.8 Å². The molecule has 0 N–H and O–H groups in total. The molecule has 0 saturated heterocycles. The van der Waals surface area contributed by atoms with E-state index in [0.29, 0.717) is 24.7 Å². The van der Waals surface area contributed by atoms with Gasteiger partial charge in [0.15, 0.2) is 17.3 Å². The van der Waals surface area contributed by atoms with E-state index in [1.165, 1.54) is 0 Å². The average Bonchev–Trinajstić information content (AvgIpc) is 2.43. The molecule has 7 heteroatoms. The van der Waals surface area contributed by atoms with Crippen molar-refractivity contribution in [2.45, 2.75) is 9.92 Å². The fourth-order valence-corrected chi connectivity index (χ4v) is 2.59. The number of fused-ring (bicyclic) bond motifs is 1. The molecule has 1 aliphatic rings. The van der Waals surface area contributed by atoms with Gasteiger partial charge in [0.2, 0.25) is 5.28 Å². The smallest absolute Gasteiger partial charge is 0.223 e. The van der Waals surface area contributed by atoms with Crippen LogP contribution in [0.5, 0.6) is 11.5 Å². The van der Waals surface area contributed by atoms with Crippen molar-refractivity contribution in [3.63, 3.8) is 0 Å². The molecular weight excluding hydrogens is 291 g/mol. The molecule has 0 spiro atoms. The maximum absolute atomic E-state index is 13.5. The topological polar surface area (TPSA) is 44.2 Å². The molecule has 0 fully saturated rings. The Kier molecular flexibility index (Phi) is 3.44. The van der Waals surface area contributed by atoms with Crippen molar-refractivity contribution in [3.8, 4) is 11.5 Å². The van der Waals surface area contributed by atoms with Crippen LogP contribution >= 0.6 is 23.4 Å². The van der Waals surface area contributed by atoms with Crippen LogP contribution in [0, 0.1) is 5.82 Å². The first-order valence-electron chi connectivity index (χ1n) is 5.48. The van der Waals surface area contributed by atoms with Gasteiger partial charge in [-0.15, -0.1) is 0 Å². The lowest BCUT2D eigenvalue weighted by atomic mass is 10.3. The number of aromatic nitrogens is 2. The Bertz CT molecular complexity index is 627. The monoisotopic (exact) mass is 298 g/mol. The van der Waals surface area contributed by atoms with Crippen LogP contribution in [-0.4, -0.2) is 23.2 Å². The first-order chi connectivity index (χ1) is 9.22. The molecule has 1 aromatic heterocycles. The highest BCUT2D eigenvalue weighted by atomic mass is 35.5. The summed E-state index contributed by atoms with van der Waals surface area (Å²) in [4.78, 5) is 8.21. The Morgan fingerprint density at radius 1 is 1.21 bits per heavy atom. The third kappa shape index (κ3) is 2.74. The van der Waals surface area contributed by atoms with Crippen LogP contribution in [0.15, 0.2) is 34.3 Å². The van der Waals surface area contributed by atoms with Crippen molar-refractivity contribution in [2.75, 3.05) is 13.2 Å². The van der Waals surface area contributed by atoms with Crippen molar-refractivity contribution >= 4 is 23.4 Å². The summed E-state index contributed by atoms with van der Waals surface area (Å²) in [7, 11) is 0. The molecule has 1 aromatic carbocycles. The fraction of sp³-hybridized carbons (Fsp3) is 0.167. The zero-order chi connectivity index (χ0) is 13.2. The SMILES string of the molecule is Fc1cnc(Cl)nc1Sc1ccc2c(c1)OCCO2. The molecule has 3 rings (SSSR count). The molecule has 1 aliphatic heterocycles. The average molecular weight is 299 g/mol. The van der Waals surface area contributed by atoms with Gasteiger partial charge in [0.25, 0.3) is 0 Å². The van der Waals surface area contributed by atoms with Crippen LogP contribution in [0.3, 0.4) is 0 Å². The van der Waals surface area contributed by atoms with Gasteiger partial charge in [-0.05, 0) is 29.8 Å². The standard InChI is InChI=1S/C12H8ClFN2O2S/c13-12-15-6-8(14)11(16-12)19-7-1-2-9-10(5-7)18-4-3-17-9/h1-2,5-6H,3-4H2. The molecule has 0 bridgehead atoms.